The smallest absolute Gasteiger partial charge is 0.269 e. The molecule has 1 aromatic carbocycles. The number of carbonyl (C=O) groups excluding carboxylic acids is 1. The predicted molar refractivity (Wildman–Crippen MR) is 89.4 cm³/mol. The Bertz CT molecular complexity index is 638. The van der Waals surface area contributed by atoms with E-state index in [0.29, 0.717) is 10.0 Å². The normalized spacial score (nSPS) is 10.2. The lowest BCUT2D eigenvalue weighted by Gasteiger charge is -2.17. The van der Waals surface area contributed by atoms with Crippen LogP contribution < -0.4 is 21.3 Å². The summed E-state index contributed by atoms with van der Waals surface area (Å²) in [7, 11) is 3.85. The number of hydrogen-bond acceptors (Lipinski definition) is 6. The molecule has 1 amide bonds. The van der Waals surface area contributed by atoms with Gasteiger partial charge in [-0.1, -0.05) is 23.5 Å². The van der Waals surface area contributed by atoms with Crippen LogP contribution >= 0.6 is 11.3 Å². The highest BCUT2D eigenvalue weighted by atomic mass is 32.1. The second kappa shape index (κ2) is 6.45. The van der Waals surface area contributed by atoms with Crippen LogP contribution in [0.25, 0.3) is 0 Å². The molecule has 1 heterocycles. The molecule has 0 saturated carbocycles. The predicted octanol–water partition coefficient (Wildman–Crippen LogP) is 2.48. The molecule has 0 aliphatic heterocycles. The Morgan fingerprint density at radius 2 is 2.10 bits per heavy atom. The minimum atomic E-state index is -0.247. The molecule has 1 aromatic heterocycles. The van der Waals surface area contributed by atoms with Gasteiger partial charge in [-0.2, -0.15) is 0 Å². The maximum absolute atomic E-state index is 12.4. The van der Waals surface area contributed by atoms with Gasteiger partial charge in [0.25, 0.3) is 5.91 Å². The van der Waals surface area contributed by atoms with Gasteiger partial charge < -0.3 is 21.3 Å². The Balaban J connectivity index is 2.22. The molecular formula is C14H19N5OS. The van der Waals surface area contributed by atoms with E-state index in [2.05, 4.69) is 15.6 Å². The molecule has 0 bridgehead atoms. The number of hydrogen-bond donors (Lipinski definition) is 3. The van der Waals surface area contributed by atoms with Crippen LogP contribution in [0.5, 0.6) is 0 Å². The molecule has 0 aliphatic rings. The third-order valence-corrected chi connectivity index (χ3v) is 3.85. The molecule has 0 saturated heterocycles. The zero-order valence-electron chi connectivity index (χ0n) is 12.3. The number of nitrogen functional groups attached to an aromatic ring is 1. The van der Waals surface area contributed by atoms with E-state index in [9.17, 15) is 4.79 Å². The number of anilines is 4. The van der Waals surface area contributed by atoms with Crippen molar-refractivity contribution in [3.05, 3.63) is 29.1 Å². The van der Waals surface area contributed by atoms with E-state index >= 15 is 0 Å². The maximum Gasteiger partial charge on any atom is 0.269 e. The SMILES string of the molecule is CCNc1nc(N)c(C(=O)Nc2ccccc2N(C)C)s1. The average molecular weight is 305 g/mol. The fourth-order valence-corrected chi connectivity index (χ4v) is 2.72. The highest BCUT2D eigenvalue weighted by molar-refractivity contribution is 7.18. The molecule has 0 radical (unpaired) electrons. The largest absolute Gasteiger partial charge is 0.382 e. The first kappa shape index (κ1) is 15.1. The monoisotopic (exact) mass is 305 g/mol. The number of carbonyl (C=O) groups is 1. The van der Waals surface area contributed by atoms with Gasteiger partial charge in [-0.3, -0.25) is 4.79 Å². The van der Waals surface area contributed by atoms with E-state index in [1.54, 1.807) is 0 Å². The molecule has 0 aliphatic carbocycles. The summed E-state index contributed by atoms with van der Waals surface area (Å²) in [5.74, 6) is -0.000706. The Morgan fingerprint density at radius 1 is 1.38 bits per heavy atom. The Morgan fingerprint density at radius 3 is 2.76 bits per heavy atom. The summed E-state index contributed by atoms with van der Waals surface area (Å²) >= 11 is 1.25. The van der Waals surface area contributed by atoms with Gasteiger partial charge in [-0.05, 0) is 19.1 Å². The van der Waals surface area contributed by atoms with Crippen LogP contribution in [-0.2, 0) is 0 Å². The lowest BCUT2D eigenvalue weighted by atomic mass is 10.2. The minimum absolute atomic E-state index is 0.246. The van der Waals surface area contributed by atoms with E-state index in [1.165, 1.54) is 11.3 Å². The number of nitrogens with one attached hydrogen (secondary N) is 2. The highest BCUT2D eigenvalue weighted by Crippen LogP contribution is 2.28. The van der Waals surface area contributed by atoms with Crippen LogP contribution in [0.2, 0.25) is 0 Å². The molecule has 21 heavy (non-hydrogen) atoms. The molecule has 2 aromatic rings. The second-order valence-electron chi connectivity index (χ2n) is 4.63. The van der Waals surface area contributed by atoms with Crippen LogP contribution in [0.1, 0.15) is 16.6 Å². The lowest BCUT2D eigenvalue weighted by Crippen LogP contribution is -2.16. The summed E-state index contributed by atoms with van der Waals surface area (Å²) in [6.45, 7) is 2.70. The maximum atomic E-state index is 12.4. The third-order valence-electron chi connectivity index (χ3n) is 2.82. The molecule has 4 N–H and O–H groups in total. The van der Waals surface area contributed by atoms with Crippen molar-refractivity contribution in [3.63, 3.8) is 0 Å². The Kier molecular flexibility index (Phi) is 4.64. The van der Waals surface area contributed by atoms with Crippen LogP contribution in [0.3, 0.4) is 0 Å². The summed E-state index contributed by atoms with van der Waals surface area (Å²) < 4.78 is 0. The first-order valence-corrected chi connectivity index (χ1v) is 7.42. The van der Waals surface area contributed by atoms with Gasteiger partial charge in [0, 0.05) is 20.6 Å². The average Bonchev–Trinajstić information content (AvgIpc) is 2.80. The number of nitrogens with two attached hydrogens (primary N) is 1. The first-order chi connectivity index (χ1) is 10.0. The number of benzene rings is 1. The number of para-hydroxylation sites is 2. The van der Waals surface area contributed by atoms with Crippen molar-refractivity contribution in [1.82, 2.24) is 4.98 Å². The van der Waals surface area contributed by atoms with Crippen molar-refractivity contribution in [3.8, 4) is 0 Å². The number of thiazole rings is 1. The molecule has 0 fully saturated rings. The molecule has 0 unspecified atom stereocenters. The Labute approximate surface area is 128 Å². The van der Waals surface area contributed by atoms with E-state index in [-0.39, 0.29) is 11.7 Å². The quantitative estimate of drug-likeness (QED) is 0.790. The second-order valence-corrected chi connectivity index (χ2v) is 5.63. The van der Waals surface area contributed by atoms with Crippen molar-refractivity contribution >= 4 is 39.6 Å². The molecule has 7 heteroatoms. The zero-order chi connectivity index (χ0) is 15.4. The van der Waals surface area contributed by atoms with Gasteiger partial charge in [-0.25, -0.2) is 4.98 Å². The molecule has 6 nitrogen and oxygen atoms in total. The molecule has 0 atom stereocenters. The fourth-order valence-electron chi connectivity index (χ4n) is 1.87. The molecular weight excluding hydrogens is 286 g/mol. The number of nitrogens with zero attached hydrogens (tertiary/aromatic N) is 2. The third kappa shape index (κ3) is 3.43. The van der Waals surface area contributed by atoms with Crippen molar-refractivity contribution < 1.29 is 4.79 Å². The lowest BCUT2D eigenvalue weighted by molar-refractivity contribution is 0.103. The summed E-state index contributed by atoms with van der Waals surface area (Å²) in [6.07, 6.45) is 0. The fraction of sp³-hybridized carbons (Fsp3) is 0.286. The van der Waals surface area contributed by atoms with Crippen LogP contribution in [0.4, 0.5) is 22.3 Å². The molecule has 2 rings (SSSR count). The number of amides is 1. The van der Waals surface area contributed by atoms with Gasteiger partial charge in [0.2, 0.25) is 0 Å². The van der Waals surface area contributed by atoms with Crippen molar-refractivity contribution in [2.45, 2.75) is 6.92 Å². The van der Waals surface area contributed by atoms with E-state index in [0.717, 1.165) is 17.9 Å². The summed E-state index contributed by atoms with van der Waals surface area (Å²) in [5.41, 5.74) is 7.48. The van der Waals surface area contributed by atoms with Crippen molar-refractivity contribution in [2.24, 2.45) is 0 Å². The standard InChI is InChI=1S/C14H19N5OS/c1-4-16-14-18-12(15)11(21-14)13(20)17-9-7-5-6-8-10(9)19(2)3/h5-8H,4,15H2,1-3H3,(H,16,18)(H,17,20). The summed E-state index contributed by atoms with van der Waals surface area (Å²) in [6, 6.07) is 7.60. The van der Waals surface area contributed by atoms with Gasteiger partial charge in [-0.15, -0.1) is 0 Å². The first-order valence-electron chi connectivity index (χ1n) is 6.60. The van der Waals surface area contributed by atoms with Gasteiger partial charge >= 0.3 is 0 Å². The Hall–Kier alpha value is -2.28. The van der Waals surface area contributed by atoms with E-state index in [4.69, 9.17) is 5.73 Å². The number of aromatic nitrogens is 1. The van der Waals surface area contributed by atoms with E-state index in [1.807, 2.05) is 50.2 Å². The van der Waals surface area contributed by atoms with Crippen LogP contribution in [0.15, 0.2) is 24.3 Å². The van der Waals surface area contributed by atoms with Gasteiger partial charge in [0.05, 0.1) is 11.4 Å². The van der Waals surface area contributed by atoms with Crippen molar-refractivity contribution in [1.29, 1.82) is 0 Å². The van der Waals surface area contributed by atoms with Gasteiger partial charge in [0.15, 0.2) is 5.13 Å². The minimum Gasteiger partial charge on any atom is -0.382 e. The summed E-state index contributed by atoms with van der Waals surface area (Å²) in [4.78, 5) is 18.9. The zero-order valence-corrected chi connectivity index (χ0v) is 13.1. The van der Waals surface area contributed by atoms with Crippen LogP contribution in [0, 0.1) is 0 Å². The van der Waals surface area contributed by atoms with Crippen LogP contribution in [-0.4, -0.2) is 31.5 Å². The van der Waals surface area contributed by atoms with Gasteiger partial charge in [0.1, 0.15) is 10.7 Å². The highest BCUT2D eigenvalue weighted by Gasteiger charge is 2.17. The van der Waals surface area contributed by atoms with Crippen molar-refractivity contribution in [2.75, 3.05) is 41.9 Å². The van der Waals surface area contributed by atoms with E-state index < -0.39 is 0 Å². The topological polar surface area (TPSA) is 83.3 Å². The number of rotatable bonds is 5. The molecule has 112 valence electrons. The molecule has 0 spiro atoms. The summed E-state index contributed by atoms with van der Waals surface area (Å²) in [5, 5.41) is 6.60.